The van der Waals surface area contributed by atoms with E-state index in [0.29, 0.717) is 13.0 Å². The van der Waals surface area contributed by atoms with E-state index < -0.39 is 35.9 Å². The summed E-state index contributed by atoms with van der Waals surface area (Å²) < 4.78 is 28.4. The maximum atomic E-state index is 13.1. The largest absolute Gasteiger partial charge is 0.445 e. The first kappa shape index (κ1) is 27.9. The Morgan fingerprint density at radius 1 is 1.18 bits per heavy atom. The molecule has 3 atom stereocenters. The molecule has 0 saturated carbocycles. The zero-order valence-corrected chi connectivity index (χ0v) is 21.5. The maximum absolute atomic E-state index is 13.1. The third-order valence-electron chi connectivity index (χ3n) is 5.19. The monoisotopic (exact) mass is 480 g/mol. The predicted molar refractivity (Wildman–Crippen MR) is 127 cm³/mol. The fraction of sp³-hybridized carbons (Fsp3) is 0.680. The zero-order valence-electron chi connectivity index (χ0n) is 21.5. The van der Waals surface area contributed by atoms with E-state index in [4.69, 9.17) is 23.7 Å². The molecule has 9 heteroatoms. The highest BCUT2D eigenvalue weighted by Gasteiger charge is 2.51. The molecule has 34 heavy (non-hydrogen) atoms. The Morgan fingerprint density at radius 2 is 1.85 bits per heavy atom. The van der Waals surface area contributed by atoms with E-state index in [1.807, 2.05) is 78.8 Å². The average molecular weight is 481 g/mol. The van der Waals surface area contributed by atoms with Gasteiger partial charge in [0, 0.05) is 13.2 Å². The van der Waals surface area contributed by atoms with Crippen LogP contribution in [-0.4, -0.2) is 66.6 Å². The van der Waals surface area contributed by atoms with Crippen LogP contribution in [0.25, 0.3) is 0 Å². The van der Waals surface area contributed by atoms with Gasteiger partial charge in [-0.1, -0.05) is 30.3 Å². The minimum Gasteiger partial charge on any atom is -0.445 e. The van der Waals surface area contributed by atoms with Crippen molar-refractivity contribution >= 4 is 12.2 Å². The van der Waals surface area contributed by atoms with Crippen molar-refractivity contribution in [2.45, 2.75) is 91.3 Å². The molecule has 0 spiro atoms. The molecule has 1 aliphatic heterocycles. The van der Waals surface area contributed by atoms with Crippen LogP contribution in [-0.2, 0) is 30.3 Å². The van der Waals surface area contributed by atoms with Gasteiger partial charge in [0.2, 0.25) is 0 Å². The van der Waals surface area contributed by atoms with Crippen LogP contribution in [0.1, 0.15) is 60.5 Å². The molecule has 0 radical (unpaired) electrons. The van der Waals surface area contributed by atoms with Crippen molar-refractivity contribution in [1.29, 1.82) is 0 Å². The van der Waals surface area contributed by atoms with Crippen LogP contribution >= 0.6 is 0 Å². The number of carbonyl (C=O) groups is 2. The molecule has 192 valence electrons. The van der Waals surface area contributed by atoms with E-state index in [2.05, 4.69) is 5.32 Å². The Morgan fingerprint density at radius 3 is 2.47 bits per heavy atom. The molecule has 1 saturated heterocycles. The second-order valence-corrected chi connectivity index (χ2v) is 9.65. The summed E-state index contributed by atoms with van der Waals surface area (Å²) in [6.07, 6.45) is -1.40. The summed E-state index contributed by atoms with van der Waals surface area (Å²) in [5.41, 5.74) is -0.667. The lowest BCUT2D eigenvalue weighted by Crippen LogP contribution is -2.51. The molecule has 1 heterocycles. The Labute approximate surface area is 203 Å². The minimum atomic E-state index is -0.913. The molecule has 0 bridgehead atoms. The highest BCUT2D eigenvalue weighted by Crippen LogP contribution is 2.35. The summed E-state index contributed by atoms with van der Waals surface area (Å²) in [6, 6.07) is 9.07. The summed E-state index contributed by atoms with van der Waals surface area (Å²) in [4.78, 5) is 26.8. The zero-order chi connectivity index (χ0) is 25.4. The SMILES string of the molecule is CCOC(C)OCC1OC(C)(C)N(C(=O)OC(C)(C)C)C1CCNC(=O)OCc1ccccc1. The van der Waals surface area contributed by atoms with Gasteiger partial charge in [0.15, 0.2) is 6.29 Å². The van der Waals surface area contributed by atoms with E-state index in [1.54, 1.807) is 4.90 Å². The fourth-order valence-electron chi connectivity index (χ4n) is 3.81. The van der Waals surface area contributed by atoms with E-state index in [-0.39, 0.29) is 25.8 Å². The lowest BCUT2D eigenvalue weighted by Gasteiger charge is -2.35. The van der Waals surface area contributed by atoms with Crippen molar-refractivity contribution in [3.05, 3.63) is 35.9 Å². The molecule has 2 amide bonds. The summed E-state index contributed by atoms with van der Waals surface area (Å²) in [6.45, 7) is 14.0. The number of ether oxygens (including phenoxy) is 5. The predicted octanol–water partition coefficient (Wildman–Crippen LogP) is 4.44. The van der Waals surface area contributed by atoms with Crippen LogP contribution < -0.4 is 5.32 Å². The topological polar surface area (TPSA) is 95.6 Å². The minimum absolute atomic E-state index is 0.183. The third kappa shape index (κ3) is 8.77. The first-order chi connectivity index (χ1) is 15.9. The number of benzene rings is 1. The number of nitrogens with one attached hydrogen (secondary N) is 1. The van der Waals surface area contributed by atoms with Crippen LogP contribution in [0.5, 0.6) is 0 Å². The Bertz CT molecular complexity index is 779. The van der Waals surface area contributed by atoms with Crippen LogP contribution in [0, 0.1) is 0 Å². The summed E-state index contributed by atoms with van der Waals surface area (Å²) in [7, 11) is 0. The Balaban J connectivity index is 2.02. The second kappa shape index (κ2) is 12.4. The van der Waals surface area contributed by atoms with Gasteiger partial charge in [-0.25, -0.2) is 9.59 Å². The van der Waals surface area contributed by atoms with E-state index in [9.17, 15) is 9.59 Å². The molecule has 3 unspecified atom stereocenters. The second-order valence-electron chi connectivity index (χ2n) is 9.65. The molecule has 9 nitrogen and oxygen atoms in total. The van der Waals surface area contributed by atoms with E-state index in [0.717, 1.165) is 5.56 Å². The standard InChI is InChI=1S/C25H40N2O7/c1-8-30-18(2)31-17-21-20(27(25(6,7)33-21)23(29)34-24(3,4)5)14-15-26-22(28)32-16-19-12-10-9-11-13-19/h9-13,18,20-21H,8,14-17H2,1-7H3,(H,26,28). The van der Waals surface area contributed by atoms with Crippen molar-refractivity contribution in [1.82, 2.24) is 10.2 Å². The van der Waals surface area contributed by atoms with Gasteiger partial charge in [-0.15, -0.1) is 0 Å². The third-order valence-corrected chi connectivity index (χ3v) is 5.19. The van der Waals surface area contributed by atoms with Gasteiger partial charge in [0.25, 0.3) is 0 Å². The summed E-state index contributed by atoms with van der Waals surface area (Å²) in [5.74, 6) is 0. The van der Waals surface area contributed by atoms with Gasteiger partial charge in [-0.05, 0) is 60.5 Å². The molecular formula is C25H40N2O7. The van der Waals surface area contributed by atoms with Gasteiger partial charge < -0.3 is 29.0 Å². The van der Waals surface area contributed by atoms with Gasteiger partial charge in [0.05, 0.1) is 12.6 Å². The van der Waals surface area contributed by atoms with Gasteiger partial charge in [-0.2, -0.15) is 0 Å². The fourth-order valence-corrected chi connectivity index (χ4v) is 3.81. The molecule has 1 aliphatic rings. The van der Waals surface area contributed by atoms with Crippen molar-refractivity contribution in [3.63, 3.8) is 0 Å². The first-order valence-corrected chi connectivity index (χ1v) is 11.8. The van der Waals surface area contributed by atoms with Crippen LogP contribution in [0.2, 0.25) is 0 Å². The van der Waals surface area contributed by atoms with Crippen molar-refractivity contribution < 1.29 is 33.3 Å². The molecule has 2 rings (SSSR count). The Kier molecular flexibility index (Phi) is 10.1. The lowest BCUT2D eigenvalue weighted by molar-refractivity contribution is -0.158. The van der Waals surface area contributed by atoms with Gasteiger partial charge >= 0.3 is 12.2 Å². The van der Waals surface area contributed by atoms with Crippen LogP contribution in [0.15, 0.2) is 30.3 Å². The quantitative estimate of drug-likeness (QED) is 0.495. The summed E-state index contributed by atoms with van der Waals surface area (Å²) in [5, 5.41) is 2.76. The number of hydrogen-bond donors (Lipinski definition) is 1. The molecule has 1 N–H and O–H groups in total. The van der Waals surface area contributed by atoms with Crippen molar-refractivity contribution in [2.75, 3.05) is 19.8 Å². The number of alkyl carbamates (subject to hydrolysis) is 1. The summed E-state index contributed by atoms with van der Waals surface area (Å²) >= 11 is 0. The molecule has 1 aromatic rings. The van der Waals surface area contributed by atoms with Gasteiger partial charge in [0.1, 0.15) is 24.0 Å². The van der Waals surface area contributed by atoms with Gasteiger partial charge in [-0.3, -0.25) is 4.90 Å². The first-order valence-electron chi connectivity index (χ1n) is 11.8. The van der Waals surface area contributed by atoms with E-state index in [1.165, 1.54) is 0 Å². The molecule has 0 aliphatic carbocycles. The maximum Gasteiger partial charge on any atom is 0.412 e. The number of rotatable bonds is 10. The normalized spacial score (nSPS) is 20.6. The van der Waals surface area contributed by atoms with Crippen LogP contribution in [0.3, 0.4) is 0 Å². The molecular weight excluding hydrogens is 440 g/mol. The highest BCUT2D eigenvalue weighted by molar-refractivity contribution is 5.70. The number of amides is 2. The Hall–Kier alpha value is -2.36. The van der Waals surface area contributed by atoms with Crippen molar-refractivity contribution in [3.8, 4) is 0 Å². The smallest absolute Gasteiger partial charge is 0.412 e. The number of carbonyl (C=O) groups excluding carboxylic acids is 2. The highest BCUT2D eigenvalue weighted by atomic mass is 16.7. The van der Waals surface area contributed by atoms with E-state index >= 15 is 0 Å². The molecule has 1 aromatic carbocycles. The number of hydrogen-bond acceptors (Lipinski definition) is 7. The lowest BCUT2D eigenvalue weighted by atomic mass is 10.1. The number of nitrogens with zero attached hydrogens (tertiary/aromatic N) is 1. The van der Waals surface area contributed by atoms with Crippen LogP contribution in [0.4, 0.5) is 9.59 Å². The molecule has 0 aromatic heterocycles. The average Bonchev–Trinajstić information content (AvgIpc) is 3.00. The van der Waals surface area contributed by atoms with Crippen molar-refractivity contribution in [2.24, 2.45) is 0 Å². The molecule has 1 fully saturated rings.